The average molecular weight is 426 g/mol. The van der Waals surface area contributed by atoms with E-state index in [0.29, 0.717) is 33.4 Å². The van der Waals surface area contributed by atoms with E-state index in [0.717, 1.165) is 12.1 Å². The molecule has 0 aliphatic rings. The highest BCUT2D eigenvalue weighted by atomic mass is 19.4. The Hall–Kier alpha value is -3.74. The maximum absolute atomic E-state index is 13.0. The summed E-state index contributed by atoms with van der Waals surface area (Å²) in [6.45, 7) is 1.64. The van der Waals surface area contributed by atoms with Crippen molar-refractivity contribution < 1.29 is 27.4 Å². The van der Waals surface area contributed by atoms with E-state index in [1.54, 1.807) is 37.3 Å². The number of phenolic OH excluding ortho intramolecular Hbond substituents is 1. The Balaban J connectivity index is 1.62. The summed E-state index contributed by atoms with van der Waals surface area (Å²) in [7, 11) is 0. The molecule has 0 aliphatic heterocycles. The maximum atomic E-state index is 13.0. The van der Waals surface area contributed by atoms with Crippen LogP contribution >= 0.6 is 0 Å². The monoisotopic (exact) mass is 426 g/mol. The number of phenols is 1. The van der Waals surface area contributed by atoms with Gasteiger partial charge in [0.1, 0.15) is 29.4 Å². The zero-order valence-electron chi connectivity index (χ0n) is 16.3. The van der Waals surface area contributed by atoms with Gasteiger partial charge in [0.15, 0.2) is 5.43 Å². The molecule has 0 aliphatic carbocycles. The van der Waals surface area contributed by atoms with Crippen molar-refractivity contribution in [1.82, 2.24) is 0 Å². The van der Waals surface area contributed by atoms with Crippen molar-refractivity contribution >= 4 is 11.0 Å². The number of halogens is 3. The van der Waals surface area contributed by atoms with Crippen LogP contribution in [0, 0.1) is 0 Å². The number of fused-ring (bicyclic) bond motifs is 1. The van der Waals surface area contributed by atoms with Gasteiger partial charge in [-0.2, -0.15) is 13.2 Å². The molecule has 3 aromatic carbocycles. The topological polar surface area (TPSA) is 59.7 Å². The zero-order chi connectivity index (χ0) is 22.2. The average Bonchev–Trinajstić information content (AvgIpc) is 2.74. The van der Waals surface area contributed by atoms with E-state index >= 15 is 0 Å². The highest BCUT2D eigenvalue weighted by molar-refractivity contribution is 5.82. The van der Waals surface area contributed by atoms with Crippen LogP contribution in [0.2, 0.25) is 0 Å². The number of hydrogen-bond donors (Lipinski definition) is 1. The van der Waals surface area contributed by atoms with Crippen molar-refractivity contribution in [2.24, 2.45) is 0 Å². The molecule has 1 heterocycles. The number of rotatable bonds is 4. The summed E-state index contributed by atoms with van der Waals surface area (Å²) in [6.07, 6.45) is -3.75. The van der Waals surface area contributed by atoms with E-state index < -0.39 is 17.8 Å². The van der Waals surface area contributed by atoms with Crippen molar-refractivity contribution in [2.45, 2.75) is 19.2 Å². The predicted octanol–water partition coefficient (Wildman–Crippen LogP) is 6.32. The van der Waals surface area contributed by atoms with E-state index in [1.165, 1.54) is 30.5 Å². The van der Waals surface area contributed by atoms with E-state index in [2.05, 4.69) is 0 Å². The Morgan fingerprint density at radius 1 is 1.00 bits per heavy atom. The fourth-order valence-corrected chi connectivity index (χ4v) is 3.26. The summed E-state index contributed by atoms with van der Waals surface area (Å²) in [5.74, 6) is 0.448. The molecule has 1 aromatic heterocycles. The van der Waals surface area contributed by atoms with Crippen LogP contribution in [0.15, 0.2) is 82.2 Å². The Bertz CT molecular complexity index is 1290. The van der Waals surface area contributed by atoms with Crippen LogP contribution in [0.3, 0.4) is 0 Å². The molecule has 158 valence electrons. The van der Waals surface area contributed by atoms with Gasteiger partial charge < -0.3 is 14.3 Å². The number of ether oxygens (including phenoxy) is 1. The number of benzene rings is 3. The molecule has 0 radical (unpaired) electrons. The zero-order valence-corrected chi connectivity index (χ0v) is 16.3. The van der Waals surface area contributed by atoms with Crippen LogP contribution in [-0.2, 0) is 6.18 Å². The fourth-order valence-electron chi connectivity index (χ4n) is 3.26. The van der Waals surface area contributed by atoms with E-state index in [-0.39, 0.29) is 11.2 Å². The molecule has 4 aromatic rings. The van der Waals surface area contributed by atoms with Gasteiger partial charge in [0.05, 0.1) is 16.5 Å². The first-order valence-electron chi connectivity index (χ1n) is 9.41. The van der Waals surface area contributed by atoms with Crippen LogP contribution < -0.4 is 10.2 Å². The quantitative estimate of drug-likeness (QED) is 0.415. The maximum Gasteiger partial charge on any atom is 0.416 e. The molecule has 4 rings (SSSR count). The first-order valence-corrected chi connectivity index (χ1v) is 9.41. The third-order valence-electron chi connectivity index (χ3n) is 4.92. The lowest BCUT2D eigenvalue weighted by Gasteiger charge is -2.17. The largest absolute Gasteiger partial charge is 0.508 e. The van der Waals surface area contributed by atoms with Crippen LogP contribution in [0.25, 0.3) is 22.1 Å². The molecule has 0 saturated heterocycles. The normalized spacial score (nSPS) is 12.6. The molecule has 7 heteroatoms. The molecular weight excluding hydrogens is 409 g/mol. The second kappa shape index (κ2) is 7.83. The number of hydrogen-bond acceptors (Lipinski definition) is 4. The van der Waals surface area contributed by atoms with Gasteiger partial charge in [-0.15, -0.1) is 0 Å². The first kappa shape index (κ1) is 20.5. The summed E-state index contributed by atoms with van der Waals surface area (Å²) in [5.41, 5.74) is 0.627. The molecule has 31 heavy (non-hydrogen) atoms. The summed E-state index contributed by atoms with van der Waals surface area (Å²) < 4.78 is 50.2. The predicted molar refractivity (Wildman–Crippen MR) is 110 cm³/mol. The van der Waals surface area contributed by atoms with Crippen molar-refractivity contribution in [2.75, 3.05) is 0 Å². The van der Waals surface area contributed by atoms with Crippen LogP contribution in [0.4, 0.5) is 13.2 Å². The minimum atomic E-state index is -4.43. The minimum absolute atomic E-state index is 0.0885. The Labute approximate surface area is 175 Å². The highest BCUT2D eigenvalue weighted by Gasteiger charge is 2.30. The number of alkyl halides is 3. The van der Waals surface area contributed by atoms with Gasteiger partial charge in [0.25, 0.3) is 0 Å². The summed E-state index contributed by atoms with van der Waals surface area (Å²) in [6, 6.07) is 15.8. The molecule has 0 spiro atoms. The lowest BCUT2D eigenvalue weighted by molar-refractivity contribution is -0.137. The molecule has 1 atom stereocenters. The second-order valence-electron chi connectivity index (χ2n) is 7.07. The van der Waals surface area contributed by atoms with Gasteiger partial charge in [-0.25, -0.2) is 0 Å². The smallest absolute Gasteiger partial charge is 0.416 e. The number of aromatic hydroxyl groups is 1. The highest BCUT2D eigenvalue weighted by Crippen LogP contribution is 2.32. The lowest BCUT2D eigenvalue weighted by Crippen LogP contribution is -2.09. The third kappa shape index (κ3) is 4.26. The van der Waals surface area contributed by atoms with Crippen molar-refractivity contribution in [3.05, 3.63) is 94.3 Å². The third-order valence-corrected chi connectivity index (χ3v) is 4.92. The molecule has 0 fully saturated rings. The van der Waals surface area contributed by atoms with Gasteiger partial charge in [-0.1, -0.05) is 24.3 Å². The van der Waals surface area contributed by atoms with Gasteiger partial charge in [-0.05, 0) is 54.4 Å². The van der Waals surface area contributed by atoms with Crippen molar-refractivity contribution in [3.8, 4) is 22.6 Å². The lowest BCUT2D eigenvalue weighted by atomic mass is 10.1. The van der Waals surface area contributed by atoms with Crippen LogP contribution in [0.5, 0.6) is 11.5 Å². The summed E-state index contributed by atoms with van der Waals surface area (Å²) >= 11 is 0. The van der Waals surface area contributed by atoms with E-state index in [9.17, 15) is 23.1 Å². The Morgan fingerprint density at radius 2 is 1.74 bits per heavy atom. The molecule has 1 unspecified atom stereocenters. The van der Waals surface area contributed by atoms with Crippen LogP contribution in [0.1, 0.15) is 24.2 Å². The van der Waals surface area contributed by atoms with Gasteiger partial charge >= 0.3 is 6.18 Å². The van der Waals surface area contributed by atoms with Crippen LogP contribution in [-0.4, -0.2) is 5.11 Å². The standard InChI is InChI=1S/C24H17F3O4/c1-14(16-3-2-4-17(11-16)24(25,26)27)31-19-9-10-20-22(12-19)30-13-21(23(20)29)15-5-7-18(28)8-6-15/h2-14,28H,1H3. The van der Waals surface area contributed by atoms with E-state index in [4.69, 9.17) is 9.15 Å². The van der Waals surface area contributed by atoms with Crippen molar-refractivity contribution in [3.63, 3.8) is 0 Å². The Morgan fingerprint density at radius 3 is 2.45 bits per heavy atom. The molecule has 0 amide bonds. The summed E-state index contributed by atoms with van der Waals surface area (Å²) in [4.78, 5) is 12.8. The molecular formula is C24H17F3O4. The molecule has 0 bridgehead atoms. The van der Waals surface area contributed by atoms with Gasteiger partial charge in [-0.3, -0.25) is 4.79 Å². The fraction of sp³-hybridized carbons (Fsp3) is 0.125. The van der Waals surface area contributed by atoms with E-state index in [1.807, 2.05) is 0 Å². The minimum Gasteiger partial charge on any atom is -0.508 e. The van der Waals surface area contributed by atoms with Crippen molar-refractivity contribution in [1.29, 1.82) is 0 Å². The molecule has 1 N–H and O–H groups in total. The van der Waals surface area contributed by atoms with Gasteiger partial charge in [0.2, 0.25) is 0 Å². The van der Waals surface area contributed by atoms with Gasteiger partial charge in [0, 0.05) is 6.07 Å². The summed E-state index contributed by atoms with van der Waals surface area (Å²) in [5, 5.41) is 9.75. The molecule has 4 nitrogen and oxygen atoms in total. The molecule has 0 saturated carbocycles. The second-order valence-corrected chi connectivity index (χ2v) is 7.07. The Kier molecular flexibility index (Phi) is 5.19. The SMILES string of the molecule is CC(Oc1ccc2c(=O)c(-c3ccc(O)cc3)coc2c1)c1cccc(C(F)(F)F)c1. The first-order chi connectivity index (χ1) is 14.7.